The Morgan fingerprint density at radius 1 is 1.09 bits per heavy atom. The summed E-state index contributed by atoms with van der Waals surface area (Å²) in [5.74, 6) is 0.0297. The second-order valence-corrected chi connectivity index (χ2v) is 6.77. The first kappa shape index (κ1) is 15.6. The number of amides is 1. The summed E-state index contributed by atoms with van der Waals surface area (Å²) in [5.41, 5.74) is 6.84. The highest BCUT2D eigenvalue weighted by Gasteiger charge is 2.28. The molecule has 1 amide bonds. The van der Waals surface area contributed by atoms with E-state index in [0.717, 1.165) is 25.9 Å². The summed E-state index contributed by atoms with van der Waals surface area (Å²) in [4.78, 5) is 17.1. The van der Waals surface area contributed by atoms with E-state index in [4.69, 9.17) is 17.3 Å². The molecule has 0 unspecified atom stereocenters. The molecule has 2 fully saturated rings. The highest BCUT2D eigenvalue weighted by molar-refractivity contribution is 6.34. The first-order chi connectivity index (χ1) is 10.6. The number of nitrogens with zero attached hydrogens (tertiary/aromatic N) is 2. The van der Waals surface area contributed by atoms with Gasteiger partial charge in [0.15, 0.2) is 0 Å². The molecule has 22 heavy (non-hydrogen) atoms. The lowest BCUT2D eigenvalue weighted by Crippen LogP contribution is -2.48. The minimum atomic E-state index is 0.0297. The Balaban J connectivity index is 1.59. The summed E-state index contributed by atoms with van der Waals surface area (Å²) in [7, 11) is 0. The van der Waals surface area contributed by atoms with E-state index < -0.39 is 0 Å². The molecule has 3 rings (SSSR count). The van der Waals surface area contributed by atoms with Gasteiger partial charge >= 0.3 is 0 Å². The molecule has 2 heterocycles. The summed E-state index contributed by atoms with van der Waals surface area (Å²) >= 11 is 6.16. The smallest absolute Gasteiger partial charge is 0.255 e. The standard InChI is InChI=1S/C17H24ClN3O/c18-16-12-13(19)4-5-15(16)17(22)21-10-6-14(7-11-21)20-8-2-1-3-9-20/h4-5,12,14H,1-3,6-11,19H2. The zero-order valence-corrected chi connectivity index (χ0v) is 13.7. The van der Waals surface area contributed by atoms with Gasteiger partial charge in [0.1, 0.15) is 0 Å². The maximum atomic E-state index is 12.6. The van der Waals surface area contributed by atoms with Crippen LogP contribution in [0.1, 0.15) is 42.5 Å². The minimum Gasteiger partial charge on any atom is -0.399 e. The van der Waals surface area contributed by atoms with Crippen LogP contribution in [0.2, 0.25) is 5.02 Å². The van der Waals surface area contributed by atoms with Gasteiger partial charge in [0.2, 0.25) is 0 Å². The van der Waals surface area contributed by atoms with Crippen molar-refractivity contribution in [1.82, 2.24) is 9.80 Å². The third-order valence-electron chi connectivity index (χ3n) is 4.88. The van der Waals surface area contributed by atoms with E-state index in [1.54, 1.807) is 18.2 Å². The van der Waals surface area contributed by atoms with Crippen LogP contribution in [-0.4, -0.2) is 47.9 Å². The SMILES string of the molecule is Nc1ccc(C(=O)N2CCC(N3CCCCC3)CC2)c(Cl)c1. The van der Waals surface area contributed by atoms with Crippen LogP contribution in [0.5, 0.6) is 0 Å². The summed E-state index contributed by atoms with van der Waals surface area (Å²) < 4.78 is 0. The molecule has 0 aromatic heterocycles. The lowest BCUT2D eigenvalue weighted by Gasteiger charge is -2.40. The van der Waals surface area contributed by atoms with E-state index in [1.165, 1.54) is 32.4 Å². The molecule has 2 aliphatic rings. The van der Waals surface area contributed by atoms with Gasteiger partial charge in [0, 0.05) is 24.8 Å². The monoisotopic (exact) mass is 321 g/mol. The number of carbonyl (C=O) groups is 1. The van der Waals surface area contributed by atoms with Crippen molar-refractivity contribution in [1.29, 1.82) is 0 Å². The van der Waals surface area contributed by atoms with Crippen LogP contribution in [0.4, 0.5) is 5.69 Å². The van der Waals surface area contributed by atoms with Gasteiger partial charge in [0.25, 0.3) is 5.91 Å². The predicted molar refractivity (Wildman–Crippen MR) is 90.2 cm³/mol. The summed E-state index contributed by atoms with van der Waals surface area (Å²) in [6.45, 7) is 4.09. The Morgan fingerprint density at radius 2 is 1.77 bits per heavy atom. The zero-order valence-electron chi connectivity index (χ0n) is 12.9. The molecule has 120 valence electrons. The average molecular weight is 322 g/mol. The third kappa shape index (κ3) is 3.39. The van der Waals surface area contributed by atoms with Gasteiger partial charge in [-0.15, -0.1) is 0 Å². The van der Waals surface area contributed by atoms with Crippen LogP contribution in [0.3, 0.4) is 0 Å². The molecule has 0 bridgehead atoms. The predicted octanol–water partition coefficient (Wildman–Crippen LogP) is 3.01. The number of halogens is 1. The number of hydrogen-bond acceptors (Lipinski definition) is 3. The normalized spacial score (nSPS) is 21.0. The van der Waals surface area contributed by atoms with Crippen molar-refractivity contribution in [2.75, 3.05) is 31.9 Å². The first-order valence-corrected chi connectivity index (χ1v) is 8.61. The van der Waals surface area contributed by atoms with Gasteiger partial charge in [-0.2, -0.15) is 0 Å². The van der Waals surface area contributed by atoms with Crippen LogP contribution >= 0.6 is 11.6 Å². The molecular weight excluding hydrogens is 298 g/mol. The van der Waals surface area contributed by atoms with E-state index in [1.807, 2.05) is 4.90 Å². The molecule has 2 saturated heterocycles. The van der Waals surface area contributed by atoms with Crippen molar-refractivity contribution < 1.29 is 4.79 Å². The molecule has 2 N–H and O–H groups in total. The molecule has 0 radical (unpaired) electrons. The number of nitrogens with two attached hydrogens (primary N) is 1. The van der Waals surface area contributed by atoms with Crippen LogP contribution in [0.15, 0.2) is 18.2 Å². The number of carbonyl (C=O) groups excluding carboxylic acids is 1. The minimum absolute atomic E-state index is 0.0297. The summed E-state index contributed by atoms with van der Waals surface area (Å²) in [6, 6.07) is 5.76. The van der Waals surface area contributed by atoms with Crippen molar-refractivity contribution in [2.45, 2.75) is 38.1 Å². The highest BCUT2D eigenvalue weighted by Crippen LogP contribution is 2.25. The van der Waals surface area contributed by atoms with Crippen LogP contribution in [0.25, 0.3) is 0 Å². The quantitative estimate of drug-likeness (QED) is 0.852. The van der Waals surface area contributed by atoms with Crippen molar-refractivity contribution in [3.05, 3.63) is 28.8 Å². The van der Waals surface area contributed by atoms with Gasteiger partial charge in [0.05, 0.1) is 10.6 Å². The molecule has 0 aliphatic carbocycles. The molecule has 2 aliphatic heterocycles. The number of nitrogen functional groups attached to an aromatic ring is 1. The van der Waals surface area contributed by atoms with Crippen LogP contribution < -0.4 is 5.73 Å². The molecule has 0 atom stereocenters. The van der Waals surface area contributed by atoms with E-state index in [9.17, 15) is 4.79 Å². The van der Waals surface area contributed by atoms with Crippen molar-refractivity contribution in [3.8, 4) is 0 Å². The molecule has 0 spiro atoms. The second kappa shape index (κ2) is 6.88. The van der Waals surface area contributed by atoms with E-state index >= 15 is 0 Å². The molecule has 4 nitrogen and oxygen atoms in total. The highest BCUT2D eigenvalue weighted by atomic mass is 35.5. The number of piperidine rings is 2. The Morgan fingerprint density at radius 3 is 2.41 bits per heavy atom. The number of hydrogen-bond donors (Lipinski definition) is 1. The number of anilines is 1. The molecular formula is C17H24ClN3O. The Kier molecular flexibility index (Phi) is 4.89. The van der Waals surface area contributed by atoms with E-state index in [0.29, 0.717) is 22.3 Å². The van der Waals surface area contributed by atoms with Crippen LogP contribution in [-0.2, 0) is 0 Å². The van der Waals surface area contributed by atoms with Gasteiger partial charge in [-0.1, -0.05) is 18.0 Å². The number of benzene rings is 1. The Bertz CT molecular complexity index is 535. The number of likely N-dealkylation sites (tertiary alicyclic amines) is 2. The molecule has 1 aromatic carbocycles. The van der Waals surface area contributed by atoms with E-state index in [-0.39, 0.29) is 5.91 Å². The lowest BCUT2D eigenvalue weighted by molar-refractivity contribution is 0.0590. The second-order valence-electron chi connectivity index (χ2n) is 6.36. The van der Waals surface area contributed by atoms with Gasteiger partial charge in [-0.25, -0.2) is 0 Å². The summed E-state index contributed by atoms with van der Waals surface area (Å²) in [5, 5.41) is 0.447. The van der Waals surface area contributed by atoms with Gasteiger partial charge in [-0.05, 0) is 57.0 Å². The maximum absolute atomic E-state index is 12.6. The fourth-order valence-electron chi connectivity index (χ4n) is 3.59. The van der Waals surface area contributed by atoms with Crippen LogP contribution in [0, 0.1) is 0 Å². The fraction of sp³-hybridized carbons (Fsp3) is 0.588. The van der Waals surface area contributed by atoms with Crippen molar-refractivity contribution in [2.24, 2.45) is 0 Å². The molecule has 0 saturated carbocycles. The Hall–Kier alpha value is -1.26. The first-order valence-electron chi connectivity index (χ1n) is 8.23. The van der Waals surface area contributed by atoms with Crippen molar-refractivity contribution in [3.63, 3.8) is 0 Å². The third-order valence-corrected chi connectivity index (χ3v) is 5.20. The average Bonchev–Trinajstić information content (AvgIpc) is 2.55. The van der Waals surface area contributed by atoms with Crippen molar-refractivity contribution >= 4 is 23.2 Å². The molecule has 1 aromatic rings. The summed E-state index contributed by atoms with van der Waals surface area (Å²) in [6.07, 6.45) is 6.14. The fourth-order valence-corrected chi connectivity index (χ4v) is 3.86. The topological polar surface area (TPSA) is 49.6 Å². The number of rotatable bonds is 2. The zero-order chi connectivity index (χ0) is 15.5. The Labute approximate surface area is 137 Å². The van der Waals surface area contributed by atoms with Gasteiger partial charge in [-0.3, -0.25) is 4.79 Å². The lowest BCUT2D eigenvalue weighted by atomic mass is 9.99. The van der Waals surface area contributed by atoms with E-state index in [2.05, 4.69) is 4.90 Å². The largest absolute Gasteiger partial charge is 0.399 e. The maximum Gasteiger partial charge on any atom is 0.255 e. The molecule has 5 heteroatoms. The van der Waals surface area contributed by atoms with Gasteiger partial charge < -0.3 is 15.5 Å².